The Labute approximate surface area is 65.2 Å². The molecule has 0 aromatic heterocycles. The summed E-state index contributed by atoms with van der Waals surface area (Å²) in [6.07, 6.45) is 0.780. The van der Waals surface area contributed by atoms with Gasteiger partial charge in [-0.05, 0) is 12.1 Å². The third-order valence-electron chi connectivity index (χ3n) is 1.51. The van der Waals surface area contributed by atoms with E-state index in [1.807, 2.05) is 0 Å². The Morgan fingerprint density at radius 3 is 2.73 bits per heavy atom. The summed E-state index contributed by atoms with van der Waals surface area (Å²) >= 11 is 0. The second kappa shape index (κ2) is 3.05. The number of benzene rings is 1. The van der Waals surface area contributed by atoms with Crippen molar-refractivity contribution in [2.24, 2.45) is 0 Å². The molecule has 0 fully saturated rings. The van der Waals surface area contributed by atoms with Crippen molar-refractivity contribution in [1.82, 2.24) is 0 Å². The van der Waals surface area contributed by atoms with Crippen molar-refractivity contribution in [3.63, 3.8) is 0 Å². The maximum absolute atomic E-state index is 10.4. The quantitative estimate of drug-likeness (QED) is 0.490. The van der Waals surface area contributed by atoms with E-state index in [0.29, 0.717) is 16.9 Å². The Bertz CT molecular complexity index is 271. The highest BCUT2D eigenvalue weighted by molar-refractivity contribution is 5.89. The topological polar surface area (TPSA) is 55.1 Å². The van der Waals surface area contributed by atoms with Gasteiger partial charge in [0.2, 0.25) is 0 Å². The molecule has 0 unspecified atom stereocenters. The summed E-state index contributed by atoms with van der Waals surface area (Å²) in [6, 6.07) is 5.22. The van der Waals surface area contributed by atoms with Gasteiger partial charge in [-0.2, -0.15) is 0 Å². The lowest BCUT2D eigenvalue weighted by atomic mass is 10.1. The molecule has 58 valence electrons. The van der Waals surface area contributed by atoms with Gasteiger partial charge in [-0.25, -0.2) is 0 Å². The van der Waals surface area contributed by atoms with Crippen molar-refractivity contribution in [3.8, 4) is 0 Å². The first-order valence-corrected chi connectivity index (χ1v) is 3.31. The molecule has 1 aromatic rings. The van der Waals surface area contributed by atoms with Crippen molar-refractivity contribution in [1.29, 1.82) is 0 Å². The summed E-state index contributed by atoms with van der Waals surface area (Å²) in [6.45, 7) is 0. The van der Waals surface area contributed by atoms with Crippen LogP contribution >= 0.6 is 0 Å². The molecular formula is C8H10N2O. The molecule has 3 N–H and O–H groups in total. The van der Waals surface area contributed by atoms with Gasteiger partial charge in [0.05, 0.1) is 11.4 Å². The first-order valence-electron chi connectivity index (χ1n) is 3.31. The Morgan fingerprint density at radius 1 is 1.55 bits per heavy atom. The van der Waals surface area contributed by atoms with Gasteiger partial charge in [-0.3, -0.25) is 4.79 Å². The number of hydrogen-bond donors (Lipinski definition) is 2. The van der Waals surface area contributed by atoms with E-state index in [1.165, 1.54) is 0 Å². The Balaban J connectivity index is 3.23. The third kappa shape index (κ3) is 1.32. The van der Waals surface area contributed by atoms with E-state index in [0.717, 1.165) is 6.29 Å². The maximum Gasteiger partial charge on any atom is 0.152 e. The highest BCUT2D eigenvalue weighted by Crippen LogP contribution is 2.20. The van der Waals surface area contributed by atoms with Gasteiger partial charge in [0.1, 0.15) is 0 Å². The Hall–Kier alpha value is -1.51. The maximum atomic E-state index is 10.4. The monoisotopic (exact) mass is 150 g/mol. The normalized spacial score (nSPS) is 9.18. The first-order chi connectivity index (χ1) is 5.29. The molecule has 0 saturated carbocycles. The van der Waals surface area contributed by atoms with E-state index in [-0.39, 0.29) is 0 Å². The van der Waals surface area contributed by atoms with E-state index in [1.54, 1.807) is 25.2 Å². The van der Waals surface area contributed by atoms with Crippen molar-refractivity contribution in [3.05, 3.63) is 23.8 Å². The van der Waals surface area contributed by atoms with Gasteiger partial charge in [-0.1, -0.05) is 6.07 Å². The zero-order chi connectivity index (χ0) is 8.27. The molecule has 0 heterocycles. The summed E-state index contributed by atoms with van der Waals surface area (Å²) in [5.41, 5.74) is 7.47. The molecule has 1 rings (SSSR count). The number of anilines is 2. The molecular weight excluding hydrogens is 140 g/mol. The van der Waals surface area contributed by atoms with Crippen LogP contribution < -0.4 is 11.1 Å². The Kier molecular flexibility index (Phi) is 2.11. The minimum atomic E-state index is 0.590. The van der Waals surface area contributed by atoms with Crippen molar-refractivity contribution >= 4 is 17.7 Å². The fourth-order valence-electron chi connectivity index (χ4n) is 0.976. The number of carbonyl (C=O) groups is 1. The van der Waals surface area contributed by atoms with E-state index in [4.69, 9.17) is 5.73 Å². The lowest BCUT2D eigenvalue weighted by molar-refractivity contribution is 0.112. The number of nitrogens with two attached hydrogens (primary N) is 1. The van der Waals surface area contributed by atoms with Crippen LogP contribution in [0.4, 0.5) is 11.4 Å². The number of aldehydes is 1. The molecule has 0 amide bonds. The van der Waals surface area contributed by atoms with Crippen molar-refractivity contribution in [2.45, 2.75) is 0 Å². The smallest absolute Gasteiger partial charge is 0.152 e. The standard InChI is InChI=1S/C8H10N2O/c1-10-8-6(5-11)3-2-4-7(8)9/h2-5,10H,9H2,1H3. The second-order valence-electron chi connectivity index (χ2n) is 2.18. The summed E-state index contributed by atoms with van der Waals surface area (Å²) in [5, 5.41) is 2.86. The van der Waals surface area contributed by atoms with Crippen LogP contribution in [0.1, 0.15) is 10.4 Å². The molecule has 0 atom stereocenters. The van der Waals surface area contributed by atoms with Crippen molar-refractivity contribution < 1.29 is 4.79 Å². The molecule has 0 bridgehead atoms. The van der Waals surface area contributed by atoms with E-state index in [2.05, 4.69) is 5.32 Å². The lowest BCUT2D eigenvalue weighted by Crippen LogP contribution is -1.99. The van der Waals surface area contributed by atoms with E-state index >= 15 is 0 Å². The Morgan fingerprint density at radius 2 is 2.27 bits per heavy atom. The number of para-hydroxylation sites is 1. The van der Waals surface area contributed by atoms with Gasteiger partial charge in [0, 0.05) is 12.6 Å². The van der Waals surface area contributed by atoms with Gasteiger partial charge in [0.25, 0.3) is 0 Å². The van der Waals surface area contributed by atoms with Crippen LogP contribution in [0.25, 0.3) is 0 Å². The lowest BCUT2D eigenvalue weighted by Gasteiger charge is -2.05. The molecule has 0 spiro atoms. The van der Waals surface area contributed by atoms with E-state index < -0.39 is 0 Å². The largest absolute Gasteiger partial charge is 0.397 e. The SMILES string of the molecule is CNc1c(N)cccc1C=O. The van der Waals surface area contributed by atoms with E-state index in [9.17, 15) is 4.79 Å². The van der Waals surface area contributed by atoms with Crippen LogP contribution in [-0.2, 0) is 0 Å². The van der Waals surface area contributed by atoms with Gasteiger partial charge >= 0.3 is 0 Å². The highest BCUT2D eigenvalue weighted by Gasteiger charge is 2.01. The van der Waals surface area contributed by atoms with Crippen LogP contribution in [0.3, 0.4) is 0 Å². The average Bonchev–Trinajstić information content (AvgIpc) is 2.04. The number of hydrogen-bond acceptors (Lipinski definition) is 3. The van der Waals surface area contributed by atoms with Crippen LogP contribution in [0.15, 0.2) is 18.2 Å². The molecule has 11 heavy (non-hydrogen) atoms. The predicted molar refractivity (Wildman–Crippen MR) is 45.8 cm³/mol. The third-order valence-corrected chi connectivity index (χ3v) is 1.51. The molecule has 0 radical (unpaired) electrons. The number of nitrogens with one attached hydrogen (secondary N) is 1. The van der Waals surface area contributed by atoms with Crippen LogP contribution in [0.5, 0.6) is 0 Å². The summed E-state index contributed by atoms with van der Waals surface area (Å²) in [4.78, 5) is 10.4. The number of nitrogen functional groups attached to an aromatic ring is 1. The van der Waals surface area contributed by atoms with Crippen LogP contribution in [-0.4, -0.2) is 13.3 Å². The minimum Gasteiger partial charge on any atom is -0.397 e. The average molecular weight is 150 g/mol. The molecule has 3 nitrogen and oxygen atoms in total. The number of rotatable bonds is 2. The zero-order valence-corrected chi connectivity index (χ0v) is 6.29. The summed E-state index contributed by atoms with van der Waals surface area (Å²) in [7, 11) is 1.73. The molecule has 0 aliphatic rings. The number of carbonyl (C=O) groups excluding carboxylic acids is 1. The molecule has 3 heteroatoms. The zero-order valence-electron chi connectivity index (χ0n) is 6.29. The molecule has 0 aliphatic carbocycles. The fourth-order valence-corrected chi connectivity index (χ4v) is 0.976. The fraction of sp³-hybridized carbons (Fsp3) is 0.125. The molecule has 0 aliphatic heterocycles. The van der Waals surface area contributed by atoms with Gasteiger partial charge in [-0.15, -0.1) is 0 Å². The van der Waals surface area contributed by atoms with Crippen molar-refractivity contribution in [2.75, 3.05) is 18.1 Å². The highest BCUT2D eigenvalue weighted by atomic mass is 16.1. The van der Waals surface area contributed by atoms with Gasteiger partial charge in [0.15, 0.2) is 6.29 Å². The van der Waals surface area contributed by atoms with Crippen LogP contribution in [0.2, 0.25) is 0 Å². The van der Waals surface area contributed by atoms with Crippen LogP contribution in [0, 0.1) is 0 Å². The second-order valence-corrected chi connectivity index (χ2v) is 2.18. The predicted octanol–water partition coefficient (Wildman–Crippen LogP) is 1.12. The minimum absolute atomic E-state index is 0.590. The summed E-state index contributed by atoms with van der Waals surface area (Å²) < 4.78 is 0. The molecule has 0 saturated heterocycles. The summed E-state index contributed by atoms with van der Waals surface area (Å²) in [5.74, 6) is 0. The van der Waals surface area contributed by atoms with Gasteiger partial charge < -0.3 is 11.1 Å². The molecule has 1 aromatic carbocycles. The first kappa shape index (κ1) is 7.60.